The molecule has 2 N–H and O–H groups in total. The molecule has 20 heavy (non-hydrogen) atoms. The number of nitrogens with one attached hydrogen (secondary N) is 2. The van der Waals surface area contributed by atoms with Gasteiger partial charge in [0.1, 0.15) is 0 Å². The number of thiophene rings is 1. The van der Waals surface area contributed by atoms with E-state index in [1.165, 1.54) is 37.2 Å². The highest BCUT2D eigenvalue weighted by molar-refractivity contribution is 7.10. The number of likely N-dealkylation sites (tertiary alicyclic amines) is 1. The Morgan fingerprint density at radius 1 is 1.40 bits per heavy atom. The van der Waals surface area contributed by atoms with Gasteiger partial charge in [0, 0.05) is 25.0 Å². The number of rotatable bonds is 5. The van der Waals surface area contributed by atoms with Gasteiger partial charge in [0.15, 0.2) is 5.96 Å². The Labute approximate surface area is 126 Å². The minimum absolute atomic E-state index is 0.302. The van der Waals surface area contributed by atoms with Crippen LogP contribution in [0.25, 0.3) is 0 Å². The third-order valence-corrected chi connectivity index (χ3v) is 4.77. The molecule has 0 unspecified atom stereocenters. The zero-order valence-corrected chi connectivity index (χ0v) is 13.4. The molecule has 1 aliphatic rings. The minimum Gasteiger partial charge on any atom is -0.355 e. The van der Waals surface area contributed by atoms with Crippen LogP contribution in [0.15, 0.2) is 22.5 Å². The van der Waals surface area contributed by atoms with E-state index >= 15 is 0 Å². The Hall–Kier alpha value is -1.07. The fourth-order valence-electron chi connectivity index (χ4n) is 2.52. The molecule has 0 aliphatic carbocycles. The second-order valence-electron chi connectivity index (χ2n) is 5.28. The lowest BCUT2D eigenvalue weighted by atomic mass is 10.1. The molecule has 4 nitrogen and oxygen atoms in total. The van der Waals surface area contributed by atoms with Gasteiger partial charge in [-0.15, -0.1) is 11.3 Å². The lowest BCUT2D eigenvalue weighted by Crippen LogP contribution is -2.43. The Morgan fingerprint density at radius 2 is 2.20 bits per heavy atom. The zero-order valence-electron chi connectivity index (χ0n) is 12.6. The number of piperidine rings is 1. The number of hydrogen-bond donors (Lipinski definition) is 2. The molecule has 1 atom stereocenters. The Bertz CT molecular complexity index is 396. The van der Waals surface area contributed by atoms with Crippen LogP contribution in [0, 0.1) is 0 Å². The standard InChI is InChI=1S/C15H26N4S/c1-13(14-7-6-12-20-14)18-15(16-2)17-8-11-19-9-4-3-5-10-19/h6-7,12-13H,3-5,8-11H2,1-2H3,(H2,16,17,18)/t13-/m0/s1. The van der Waals surface area contributed by atoms with Crippen LogP contribution in [-0.4, -0.2) is 44.1 Å². The monoisotopic (exact) mass is 294 g/mol. The van der Waals surface area contributed by atoms with Crippen LogP contribution in [0.4, 0.5) is 0 Å². The molecule has 0 saturated carbocycles. The summed E-state index contributed by atoms with van der Waals surface area (Å²) in [6.45, 7) is 6.73. The van der Waals surface area contributed by atoms with Gasteiger partial charge < -0.3 is 15.5 Å². The summed E-state index contributed by atoms with van der Waals surface area (Å²) in [5, 5.41) is 8.96. The van der Waals surface area contributed by atoms with Gasteiger partial charge in [0.2, 0.25) is 0 Å². The molecular formula is C15H26N4S. The fourth-order valence-corrected chi connectivity index (χ4v) is 3.26. The maximum absolute atomic E-state index is 4.30. The van der Waals surface area contributed by atoms with E-state index in [-0.39, 0.29) is 0 Å². The molecule has 1 aromatic rings. The highest BCUT2D eigenvalue weighted by Gasteiger charge is 2.11. The van der Waals surface area contributed by atoms with Crippen molar-refractivity contribution in [2.24, 2.45) is 4.99 Å². The van der Waals surface area contributed by atoms with Crippen molar-refractivity contribution in [1.29, 1.82) is 0 Å². The Balaban J connectivity index is 1.69. The van der Waals surface area contributed by atoms with Crippen molar-refractivity contribution < 1.29 is 0 Å². The van der Waals surface area contributed by atoms with Crippen LogP contribution in [0.3, 0.4) is 0 Å². The second kappa shape index (κ2) is 8.27. The number of hydrogen-bond acceptors (Lipinski definition) is 3. The van der Waals surface area contributed by atoms with Crippen LogP contribution in [-0.2, 0) is 0 Å². The van der Waals surface area contributed by atoms with Crippen LogP contribution < -0.4 is 10.6 Å². The summed E-state index contributed by atoms with van der Waals surface area (Å²) < 4.78 is 0. The van der Waals surface area contributed by atoms with Gasteiger partial charge in [0.05, 0.1) is 6.04 Å². The predicted molar refractivity (Wildman–Crippen MR) is 87.5 cm³/mol. The molecule has 0 aromatic carbocycles. The molecule has 2 rings (SSSR count). The van der Waals surface area contributed by atoms with Crippen LogP contribution in [0.5, 0.6) is 0 Å². The average molecular weight is 294 g/mol. The van der Waals surface area contributed by atoms with E-state index in [2.05, 4.69) is 45.0 Å². The van der Waals surface area contributed by atoms with Crippen molar-refractivity contribution >= 4 is 17.3 Å². The van der Waals surface area contributed by atoms with E-state index < -0.39 is 0 Å². The Morgan fingerprint density at radius 3 is 2.85 bits per heavy atom. The van der Waals surface area contributed by atoms with Crippen molar-refractivity contribution in [1.82, 2.24) is 15.5 Å². The summed E-state index contributed by atoms with van der Waals surface area (Å²) in [5.41, 5.74) is 0. The zero-order chi connectivity index (χ0) is 14.2. The van der Waals surface area contributed by atoms with Gasteiger partial charge >= 0.3 is 0 Å². The first-order valence-electron chi connectivity index (χ1n) is 7.52. The number of nitrogens with zero attached hydrogens (tertiary/aromatic N) is 2. The molecule has 2 heterocycles. The molecule has 0 spiro atoms. The van der Waals surface area contributed by atoms with Gasteiger partial charge in [0.25, 0.3) is 0 Å². The molecule has 5 heteroatoms. The van der Waals surface area contributed by atoms with Crippen molar-refractivity contribution in [2.45, 2.75) is 32.2 Å². The van der Waals surface area contributed by atoms with Crippen molar-refractivity contribution in [3.8, 4) is 0 Å². The average Bonchev–Trinajstić information content (AvgIpc) is 3.01. The minimum atomic E-state index is 0.302. The SMILES string of the molecule is CN=C(NCCN1CCCCC1)N[C@@H](C)c1cccs1. The third kappa shape index (κ3) is 4.80. The number of guanidine groups is 1. The summed E-state index contributed by atoms with van der Waals surface area (Å²) >= 11 is 1.78. The molecule has 112 valence electrons. The van der Waals surface area contributed by atoms with Crippen molar-refractivity contribution in [3.05, 3.63) is 22.4 Å². The first kappa shape index (κ1) is 15.3. The summed E-state index contributed by atoms with van der Waals surface area (Å²) in [4.78, 5) is 8.17. The molecular weight excluding hydrogens is 268 g/mol. The van der Waals surface area contributed by atoms with Crippen LogP contribution in [0.2, 0.25) is 0 Å². The lowest BCUT2D eigenvalue weighted by Gasteiger charge is -2.27. The largest absolute Gasteiger partial charge is 0.355 e. The fraction of sp³-hybridized carbons (Fsp3) is 0.667. The molecule has 1 aromatic heterocycles. The maximum Gasteiger partial charge on any atom is 0.191 e. The summed E-state index contributed by atoms with van der Waals surface area (Å²) in [6.07, 6.45) is 4.09. The Kier molecular flexibility index (Phi) is 6.33. The van der Waals surface area contributed by atoms with E-state index in [4.69, 9.17) is 0 Å². The maximum atomic E-state index is 4.30. The van der Waals surface area contributed by atoms with E-state index in [1.54, 1.807) is 11.3 Å². The van der Waals surface area contributed by atoms with Crippen LogP contribution >= 0.6 is 11.3 Å². The van der Waals surface area contributed by atoms with Gasteiger partial charge in [-0.2, -0.15) is 0 Å². The molecule has 1 aliphatic heterocycles. The smallest absolute Gasteiger partial charge is 0.191 e. The summed E-state index contributed by atoms with van der Waals surface area (Å²) in [6, 6.07) is 4.55. The van der Waals surface area contributed by atoms with Crippen molar-refractivity contribution in [2.75, 3.05) is 33.2 Å². The number of aliphatic imine (C=N–C) groups is 1. The predicted octanol–water partition coefficient (Wildman–Crippen LogP) is 2.46. The van der Waals surface area contributed by atoms with E-state index in [9.17, 15) is 0 Å². The first-order chi connectivity index (χ1) is 9.79. The van der Waals surface area contributed by atoms with Crippen LogP contribution in [0.1, 0.15) is 37.1 Å². The molecule has 0 amide bonds. The van der Waals surface area contributed by atoms with Gasteiger partial charge in [-0.3, -0.25) is 4.99 Å². The summed E-state index contributed by atoms with van der Waals surface area (Å²) in [5.74, 6) is 0.892. The first-order valence-corrected chi connectivity index (χ1v) is 8.40. The van der Waals surface area contributed by atoms with E-state index in [0.29, 0.717) is 6.04 Å². The third-order valence-electron chi connectivity index (χ3n) is 3.72. The van der Waals surface area contributed by atoms with Gasteiger partial charge in [-0.1, -0.05) is 12.5 Å². The van der Waals surface area contributed by atoms with E-state index in [1.807, 2.05) is 7.05 Å². The van der Waals surface area contributed by atoms with E-state index in [0.717, 1.165) is 19.0 Å². The summed E-state index contributed by atoms with van der Waals surface area (Å²) in [7, 11) is 1.83. The topological polar surface area (TPSA) is 39.7 Å². The van der Waals surface area contributed by atoms with Gasteiger partial charge in [-0.25, -0.2) is 0 Å². The molecule has 0 bridgehead atoms. The molecule has 1 saturated heterocycles. The van der Waals surface area contributed by atoms with Gasteiger partial charge in [-0.05, 0) is 44.3 Å². The van der Waals surface area contributed by atoms with Crippen molar-refractivity contribution in [3.63, 3.8) is 0 Å². The molecule has 0 radical (unpaired) electrons. The highest BCUT2D eigenvalue weighted by atomic mass is 32.1. The molecule has 1 fully saturated rings. The normalized spacial score (nSPS) is 18.8. The highest BCUT2D eigenvalue weighted by Crippen LogP contribution is 2.17. The quantitative estimate of drug-likeness (QED) is 0.647. The second-order valence-corrected chi connectivity index (χ2v) is 6.26. The lowest BCUT2D eigenvalue weighted by molar-refractivity contribution is 0.232.